The van der Waals surface area contributed by atoms with Crippen LogP contribution in [0, 0.1) is 13.8 Å². The van der Waals surface area contributed by atoms with Crippen molar-refractivity contribution in [2.75, 3.05) is 11.9 Å². The van der Waals surface area contributed by atoms with Crippen LogP contribution in [0.2, 0.25) is 0 Å². The highest BCUT2D eigenvalue weighted by Crippen LogP contribution is 2.27. The maximum absolute atomic E-state index is 12.3. The minimum Gasteiger partial charge on any atom is -0.339 e. The van der Waals surface area contributed by atoms with E-state index in [1.54, 1.807) is 0 Å². The summed E-state index contributed by atoms with van der Waals surface area (Å²) in [7, 11) is 0. The molecule has 0 saturated heterocycles. The van der Waals surface area contributed by atoms with E-state index >= 15 is 0 Å². The SMILES string of the molecule is Cc1ccc(CC(=O)N(CCBr)C2CC2)cc1C. The third-order valence-electron chi connectivity index (χ3n) is 3.56. The van der Waals surface area contributed by atoms with Gasteiger partial charge in [0.15, 0.2) is 0 Å². The maximum atomic E-state index is 12.3. The molecular formula is C15H20BrNO. The molecule has 0 bridgehead atoms. The molecule has 0 atom stereocenters. The molecule has 18 heavy (non-hydrogen) atoms. The smallest absolute Gasteiger partial charge is 0.227 e. The third kappa shape index (κ3) is 3.35. The van der Waals surface area contributed by atoms with Crippen LogP contribution >= 0.6 is 15.9 Å². The molecule has 0 aliphatic heterocycles. The van der Waals surface area contributed by atoms with Gasteiger partial charge >= 0.3 is 0 Å². The van der Waals surface area contributed by atoms with Crippen molar-refractivity contribution in [3.63, 3.8) is 0 Å². The van der Waals surface area contributed by atoms with Gasteiger partial charge in [-0.15, -0.1) is 0 Å². The van der Waals surface area contributed by atoms with Gasteiger partial charge < -0.3 is 4.90 Å². The number of halogens is 1. The number of aryl methyl sites for hydroxylation is 2. The van der Waals surface area contributed by atoms with Gasteiger partial charge in [0, 0.05) is 17.9 Å². The van der Waals surface area contributed by atoms with E-state index in [1.165, 1.54) is 24.0 Å². The summed E-state index contributed by atoms with van der Waals surface area (Å²) in [5.41, 5.74) is 3.67. The van der Waals surface area contributed by atoms with Gasteiger partial charge in [-0.2, -0.15) is 0 Å². The first-order valence-corrected chi connectivity index (χ1v) is 7.65. The molecule has 2 nitrogen and oxygen atoms in total. The molecule has 0 aromatic heterocycles. The summed E-state index contributed by atoms with van der Waals surface area (Å²) in [4.78, 5) is 14.3. The fourth-order valence-corrected chi connectivity index (χ4v) is 2.56. The Morgan fingerprint density at radius 2 is 2.06 bits per heavy atom. The Morgan fingerprint density at radius 1 is 1.33 bits per heavy atom. The van der Waals surface area contributed by atoms with Gasteiger partial charge in [-0.25, -0.2) is 0 Å². The molecule has 98 valence electrons. The normalized spacial score (nSPS) is 14.6. The molecule has 3 heteroatoms. The van der Waals surface area contributed by atoms with Crippen molar-refractivity contribution < 1.29 is 4.79 Å². The van der Waals surface area contributed by atoms with Gasteiger partial charge in [0.2, 0.25) is 5.91 Å². The topological polar surface area (TPSA) is 20.3 Å². The number of hydrogen-bond donors (Lipinski definition) is 0. The lowest BCUT2D eigenvalue weighted by molar-refractivity contribution is -0.130. The first-order chi connectivity index (χ1) is 8.61. The van der Waals surface area contributed by atoms with E-state index in [4.69, 9.17) is 0 Å². The molecular weight excluding hydrogens is 290 g/mol. The van der Waals surface area contributed by atoms with E-state index < -0.39 is 0 Å². The lowest BCUT2D eigenvalue weighted by Gasteiger charge is -2.21. The lowest BCUT2D eigenvalue weighted by atomic mass is 10.0. The van der Waals surface area contributed by atoms with Crippen LogP contribution < -0.4 is 0 Å². The minimum atomic E-state index is 0.264. The number of carbonyl (C=O) groups is 1. The van der Waals surface area contributed by atoms with Crippen molar-refractivity contribution in [2.45, 2.75) is 39.2 Å². The Balaban J connectivity index is 2.02. The van der Waals surface area contributed by atoms with Gasteiger partial charge in [0.1, 0.15) is 0 Å². The molecule has 0 heterocycles. The van der Waals surface area contributed by atoms with Crippen molar-refractivity contribution in [2.24, 2.45) is 0 Å². The van der Waals surface area contributed by atoms with Crippen molar-refractivity contribution in [1.29, 1.82) is 0 Å². The zero-order valence-electron chi connectivity index (χ0n) is 11.1. The standard InChI is InChI=1S/C15H20BrNO/c1-11-3-4-13(9-12(11)2)10-15(18)17(8-7-16)14-5-6-14/h3-4,9,14H,5-8,10H2,1-2H3. The Bertz CT molecular complexity index is 440. The Morgan fingerprint density at radius 3 is 2.61 bits per heavy atom. The number of amides is 1. The molecule has 1 aromatic rings. The number of nitrogens with zero attached hydrogens (tertiary/aromatic N) is 1. The molecule has 1 aromatic carbocycles. The summed E-state index contributed by atoms with van der Waals surface area (Å²) < 4.78 is 0. The van der Waals surface area contributed by atoms with Crippen LogP contribution in [-0.4, -0.2) is 28.7 Å². The molecule has 0 spiro atoms. The van der Waals surface area contributed by atoms with E-state index in [2.05, 4.69) is 48.0 Å². The molecule has 0 radical (unpaired) electrons. The summed E-state index contributed by atoms with van der Waals surface area (Å²) >= 11 is 3.43. The summed E-state index contributed by atoms with van der Waals surface area (Å²) in [6.07, 6.45) is 2.88. The largest absolute Gasteiger partial charge is 0.339 e. The van der Waals surface area contributed by atoms with Crippen molar-refractivity contribution in [3.8, 4) is 0 Å². The van der Waals surface area contributed by atoms with Crippen LogP contribution in [0.25, 0.3) is 0 Å². The molecule has 1 aliphatic carbocycles. The van der Waals surface area contributed by atoms with Gasteiger partial charge in [-0.05, 0) is 43.4 Å². The second-order valence-electron chi connectivity index (χ2n) is 5.10. The predicted octanol–water partition coefficient (Wildman–Crippen LogP) is 3.23. The van der Waals surface area contributed by atoms with E-state index in [-0.39, 0.29) is 5.91 Å². The fraction of sp³-hybridized carbons (Fsp3) is 0.533. The predicted molar refractivity (Wildman–Crippen MR) is 78.1 cm³/mol. The van der Waals surface area contributed by atoms with E-state index in [0.717, 1.165) is 17.4 Å². The third-order valence-corrected chi connectivity index (χ3v) is 3.91. The highest BCUT2D eigenvalue weighted by Gasteiger charge is 2.31. The van der Waals surface area contributed by atoms with Gasteiger partial charge in [0.05, 0.1) is 6.42 Å². The molecule has 1 amide bonds. The van der Waals surface area contributed by atoms with E-state index in [0.29, 0.717) is 12.5 Å². The van der Waals surface area contributed by atoms with Crippen molar-refractivity contribution in [1.82, 2.24) is 4.90 Å². The van der Waals surface area contributed by atoms with Crippen molar-refractivity contribution >= 4 is 21.8 Å². The highest BCUT2D eigenvalue weighted by atomic mass is 79.9. The first-order valence-electron chi connectivity index (χ1n) is 6.53. The number of rotatable bonds is 5. The van der Waals surface area contributed by atoms with E-state index in [1.807, 2.05) is 4.90 Å². The lowest BCUT2D eigenvalue weighted by Crippen LogP contribution is -2.35. The van der Waals surface area contributed by atoms with Gasteiger partial charge in [-0.1, -0.05) is 34.1 Å². The van der Waals surface area contributed by atoms with Crippen LogP contribution in [0.5, 0.6) is 0 Å². The average Bonchev–Trinajstić information content (AvgIpc) is 3.15. The molecule has 1 saturated carbocycles. The van der Waals surface area contributed by atoms with Crippen LogP contribution in [-0.2, 0) is 11.2 Å². The Hall–Kier alpha value is -0.830. The Labute approximate surface area is 117 Å². The van der Waals surface area contributed by atoms with Gasteiger partial charge in [0.25, 0.3) is 0 Å². The molecule has 1 aliphatic rings. The maximum Gasteiger partial charge on any atom is 0.227 e. The van der Waals surface area contributed by atoms with Gasteiger partial charge in [-0.3, -0.25) is 4.79 Å². The minimum absolute atomic E-state index is 0.264. The van der Waals surface area contributed by atoms with Crippen LogP contribution in [0.3, 0.4) is 0 Å². The summed E-state index contributed by atoms with van der Waals surface area (Å²) in [5.74, 6) is 0.264. The summed E-state index contributed by atoms with van der Waals surface area (Å²) in [6.45, 7) is 5.02. The van der Waals surface area contributed by atoms with Crippen molar-refractivity contribution in [3.05, 3.63) is 34.9 Å². The number of alkyl halides is 1. The van der Waals surface area contributed by atoms with E-state index in [9.17, 15) is 4.79 Å². The van der Waals surface area contributed by atoms with Crippen LogP contribution in [0.1, 0.15) is 29.5 Å². The quantitative estimate of drug-likeness (QED) is 0.765. The second kappa shape index (κ2) is 5.87. The number of benzene rings is 1. The van der Waals surface area contributed by atoms with Crippen LogP contribution in [0.4, 0.5) is 0 Å². The highest BCUT2D eigenvalue weighted by molar-refractivity contribution is 9.09. The molecule has 0 unspecified atom stereocenters. The zero-order chi connectivity index (χ0) is 13.1. The number of carbonyl (C=O) groups excluding carboxylic acids is 1. The second-order valence-corrected chi connectivity index (χ2v) is 5.90. The number of hydrogen-bond acceptors (Lipinski definition) is 1. The molecule has 1 fully saturated rings. The average molecular weight is 310 g/mol. The monoisotopic (exact) mass is 309 g/mol. The zero-order valence-corrected chi connectivity index (χ0v) is 12.7. The Kier molecular flexibility index (Phi) is 4.44. The molecule has 0 N–H and O–H groups in total. The van der Waals surface area contributed by atoms with Crippen LogP contribution in [0.15, 0.2) is 18.2 Å². The summed E-state index contributed by atoms with van der Waals surface area (Å²) in [5, 5.41) is 0.863. The molecule has 2 rings (SSSR count). The fourth-order valence-electron chi connectivity index (χ4n) is 2.18. The summed E-state index contributed by atoms with van der Waals surface area (Å²) in [6, 6.07) is 6.80. The first kappa shape index (κ1) is 13.6.